The van der Waals surface area contributed by atoms with Crippen molar-refractivity contribution in [1.29, 1.82) is 0 Å². The SMILES string of the molecule is O=C(O)C1(Cc2ccncc2)CCCC1. The van der Waals surface area contributed by atoms with E-state index in [1.165, 1.54) is 0 Å². The zero-order valence-electron chi connectivity index (χ0n) is 8.65. The van der Waals surface area contributed by atoms with E-state index in [9.17, 15) is 9.90 Å². The number of carbonyl (C=O) groups is 1. The summed E-state index contributed by atoms with van der Waals surface area (Å²) in [5.74, 6) is -0.642. The van der Waals surface area contributed by atoms with Gasteiger partial charge in [-0.05, 0) is 37.0 Å². The Bertz CT molecular complexity index is 342. The second-order valence-corrected chi connectivity index (χ2v) is 4.32. The average Bonchev–Trinajstić information content (AvgIpc) is 2.69. The molecule has 1 aliphatic carbocycles. The van der Waals surface area contributed by atoms with E-state index in [4.69, 9.17) is 0 Å². The summed E-state index contributed by atoms with van der Waals surface area (Å²) in [5.41, 5.74) is 0.566. The van der Waals surface area contributed by atoms with Crippen molar-refractivity contribution in [3.63, 3.8) is 0 Å². The lowest BCUT2D eigenvalue weighted by Crippen LogP contribution is -2.30. The normalized spacial score (nSPS) is 18.9. The molecule has 1 aromatic rings. The fraction of sp³-hybridized carbons (Fsp3) is 0.500. The number of aliphatic carboxylic acids is 1. The topological polar surface area (TPSA) is 50.2 Å². The van der Waals surface area contributed by atoms with Crippen LogP contribution in [0.25, 0.3) is 0 Å². The molecule has 0 amide bonds. The van der Waals surface area contributed by atoms with Crippen LogP contribution in [0.2, 0.25) is 0 Å². The predicted molar refractivity (Wildman–Crippen MR) is 56.5 cm³/mol. The van der Waals surface area contributed by atoms with Crippen LogP contribution >= 0.6 is 0 Å². The van der Waals surface area contributed by atoms with Gasteiger partial charge in [0.1, 0.15) is 0 Å². The molecule has 1 heterocycles. The Morgan fingerprint density at radius 3 is 2.47 bits per heavy atom. The first-order chi connectivity index (χ1) is 7.23. The molecule has 80 valence electrons. The van der Waals surface area contributed by atoms with Crippen LogP contribution in [0.5, 0.6) is 0 Å². The standard InChI is InChI=1S/C12H15NO2/c14-11(15)12(5-1-2-6-12)9-10-3-7-13-8-4-10/h3-4,7-8H,1-2,5-6,9H2,(H,14,15). The second-order valence-electron chi connectivity index (χ2n) is 4.32. The minimum atomic E-state index is -0.642. The van der Waals surface area contributed by atoms with Gasteiger partial charge in [0.15, 0.2) is 0 Å². The van der Waals surface area contributed by atoms with Crippen LogP contribution in [0.1, 0.15) is 31.2 Å². The third-order valence-corrected chi connectivity index (χ3v) is 3.31. The summed E-state index contributed by atoms with van der Waals surface area (Å²) < 4.78 is 0. The maximum Gasteiger partial charge on any atom is 0.309 e. The molecule has 1 fully saturated rings. The summed E-state index contributed by atoms with van der Waals surface area (Å²) in [6.07, 6.45) is 7.79. The lowest BCUT2D eigenvalue weighted by Gasteiger charge is -2.23. The Hall–Kier alpha value is -1.38. The fourth-order valence-corrected chi connectivity index (χ4v) is 2.41. The first kappa shape index (κ1) is 10.1. The number of hydrogen-bond donors (Lipinski definition) is 1. The van der Waals surface area contributed by atoms with Crippen LogP contribution in [-0.2, 0) is 11.2 Å². The lowest BCUT2D eigenvalue weighted by molar-refractivity contribution is -0.148. The maximum atomic E-state index is 11.3. The molecule has 0 spiro atoms. The van der Waals surface area contributed by atoms with Gasteiger partial charge in [0, 0.05) is 12.4 Å². The highest BCUT2D eigenvalue weighted by molar-refractivity contribution is 5.75. The molecule has 0 aliphatic heterocycles. The average molecular weight is 205 g/mol. The van der Waals surface area contributed by atoms with Crippen molar-refractivity contribution < 1.29 is 9.90 Å². The highest BCUT2D eigenvalue weighted by atomic mass is 16.4. The zero-order valence-corrected chi connectivity index (χ0v) is 8.65. The highest BCUT2D eigenvalue weighted by Gasteiger charge is 2.41. The van der Waals surface area contributed by atoms with Crippen molar-refractivity contribution in [2.24, 2.45) is 5.41 Å². The number of aromatic nitrogens is 1. The van der Waals surface area contributed by atoms with Crippen LogP contribution in [0.3, 0.4) is 0 Å². The number of carboxylic acids is 1. The summed E-state index contributed by atoms with van der Waals surface area (Å²) >= 11 is 0. The van der Waals surface area contributed by atoms with Crippen LogP contribution in [-0.4, -0.2) is 16.1 Å². The Kier molecular flexibility index (Phi) is 2.71. The number of hydrogen-bond acceptors (Lipinski definition) is 2. The summed E-state index contributed by atoms with van der Waals surface area (Å²) in [5, 5.41) is 9.31. The summed E-state index contributed by atoms with van der Waals surface area (Å²) in [6, 6.07) is 3.81. The Morgan fingerprint density at radius 2 is 1.93 bits per heavy atom. The molecular formula is C12H15NO2. The minimum absolute atomic E-state index is 0.513. The van der Waals surface area contributed by atoms with Crippen molar-refractivity contribution >= 4 is 5.97 Å². The Labute approximate surface area is 89.2 Å². The zero-order chi connectivity index (χ0) is 10.7. The molecule has 1 N–H and O–H groups in total. The largest absolute Gasteiger partial charge is 0.481 e. The Morgan fingerprint density at radius 1 is 1.33 bits per heavy atom. The van der Waals surface area contributed by atoms with Crippen molar-refractivity contribution in [2.45, 2.75) is 32.1 Å². The third kappa shape index (κ3) is 2.01. The van der Waals surface area contributed by atoms with Gasteiger partial charge in [0.2, 0.25) is 0 Å². The van der Waals surface area contributed by atoms with E-state index in [1.54, 1.807) is 12.4 Å². The molecular weight excluding hydrogens is 190 g/mol. The molecule has 0 unspecified atom stereocenters. The van der Waals surface area contributed by atoms with Gasteiger partial charge in [-0.25, -0.2) is 0 Å². The molecule has 0 aromatic carbocycles. The van der Waals surface area contributed by atoms with Crippen LogP contribution in [0.15, 0.2) is 24.5 Å². The molecule has 15 heavy (non-hydrogen) atoms. The van der Waals surface area contributed by atoms with Crippen LogP contribution in [0, 0.1) is 5.41 Å². The molecule has 3 nitrogen and oxygen atoms in total. The molecule has 0 saturated heterocycles. The predicted octanol–water partition coefficient (Wildman–Crippen LogP) is 2.27. The molecule has 1 aliphatic rings. The molecule has 1 aromatic heterocycles. The van der Waals surface area contributed by atoms with Crippen LogP contribution in [0.4, 0.5) is 0 Å². The van der Waals surface area contributed by atoms with E-state index < -0.39 is 11.4 Å². The van der Waals surface area contributed by atoms with Crippen molar-refractivity contribution in [3.05, 3.63) is 30.1 Å². The number of pyridine rings is 1. The maximum absolute atomic E-state index is 11.3. The fourth-order valence-electron chi connectivity index (χ4n) is 2.41. The van der Waals surface area contributed by atoms with E-state index in [0.717, 1.165) is 31.2 Å². The summed E-state index contributed by atoms with van der Waals surface area (Å²) in [4.78, 5) is 15.3. The summed E-state index contributed by atoms with van der Waals surface area (Å²) in [6.45, 7) is 0. The molecule has 0 radical (unpaired) electrons. The first-order valence-electron chi connectivity index (χ1n) is 5.35. The van der Waals surface area contributed by atoms with E-state index in [2.05, 4.69) is 4.98 Å². The number of rotatable bonds is 3. The van der Waals surface area contributed by atoms with Crippen molar-refractivity contribution in [1.82, 2.24) is 4.98 Å². The molecule has 2 rings (SSSR count). The summed E-state index contributed by atoms with van der Waals surface area (Å²) in [7, 11) is 0. The number of carboxylic acid groups (broad SMARTS) is 1. The van der Waals surface area contributed by atoms with Crippen LogP contribution < -0.4 is 0 Å². The quantitative estimate of drug-likeness (QED) is 0.823. The highest BCUT2D eigenvalue weighted by Crippen LogP contribution is 2.41. The third-order valence-electron chi connectivity index (χ3n) is 3.31. The first-order valence-corrected chi connectivity index (χ1v) is 5.35. The van der Waals surface area contributed by atoms with Gasteiger partial charge >= 0.3 is 5.97 Å². The lowest BCUT2D eigenvalue weighted by atomic mass is 9.80. The van der Waals surface area contributed by atoms with E-state index in [1.807, 2.05) is 12.1 Å². The van der Waals surface area contributed by atoms with Gasteiger partial charge in [-0.15, -0.1) is 0 Å². The van der Waals surface area contributed by atoms with E-state index in [-0.39, 0.29) is 0 Å². The van der Waals surface area contributed by atoms with Crippen molar-refractivity contribution in [2.75, 3.05) is 0 Å². The van der Waals surface area contributed by atoms with Gasteiger partial charge in [0.05, 0.1) is 5.41 Å². The molecule has 1 saturated carbocycles. The van der Waals surface area contributed by atoms with Gasteiger partial charge in [0.25, 0.3) is 0 Å². The second kappa shape index (κ2) is 4.01. The smallest absolute Gasteiger partial charge is 0.309 e. The molecule has 0 atom stereocenters. The van der Waals surface area contributed by atoms with E-state index in [0.29, 0.717) is 6.42 Å². The van der Waals surface area contributed by atoms with E-state index >= 15 is 0 Å². The monoisotopic (exact) mass is 205 g/mol. The van der Waals surface area contributed by atoms with Gasteiger partial charge in [-0.3, -0.25) is 9.78 Å². The minimum Gasteiger partial charge on any atom is -0.481 e. The molecule has 3 heteroatoms. The Balaban J connectivity index is 2.18. The van der Waals surface area contributed by atoms with Crippen molar-refractivity contribution in [3.8, 4) is 0 Å². The number of nitrogens with zero attached hydrogens (tertiary/aromatic N) is 1. The van der Waals surface area contributed by atoms with Gasteiger partial charge in [-0.1, -0.05) is 12.8 Å². The molecule has 0 bridgehead atoms. The van der Waals surface area contributed by atoms with Gasteiger partial charge < -0.3 is 5.11 Å². The van der Waals surface area contributed by atoms with Gasteiger partial charge in [-0.2, -0.15) is 0 Å².